The number of hydrogen-bond donors (Lipinski definition) is 1. The molecule has 0 fully saturated rings. The smallest absolute Gasteiger partial charge is 0.338 e. The minimum atomic E-state index is -0.297. The highest BCUT2D eigenvalue weighted by atomic mass is 16.5. The average molecular weight is 468 g/mol. The molecule has 0 aliphatic rings. The van der Waals surface area contributed by atoms with Crippen LogP contribution < -0.4 is 10.1 Å². The molecule has 180 valence electrons. The number of ether oxygens (including phenoxy) is 2. The first-order chi connectivity index (χ1) is 16.9. The molecule has 0 saturated heterocycles. The normalized spacial score (nSPS) is 13.0. The third-order valence-corrected chi connectivity index (χ3v) is 6.25. The van der Waals surface area contributed by atoms with Crippen LogP contribution in [0.3, 0.4) is 0 Å². The second-order valence-electron chi connectivity index (χ2n) is 9.21. The number of benzene rings is 4. The summed E-state index contributed by atoms with van der Waals surface area (Å²) in [6.07, 6.45) is -0.142. The summed E-state index contributed by atoms with van der Waals surface area (Å²) >= 11 is 0. The molecule has 35 heavy (non-hydrogen) atoms. The molecule has 0 spiro atoms. The molecule has 4 aromatic rings. The monoisotopic (exact) mass is 467 g/mol. The van der Waals surface area contributed by atoms with Crippen LogP contribution in [0, 0.1) is 0 Å². The van der Waals surface area contributed by atoms with Crippen LogP contribution in [0.15, 0.2) is 84.9 Å². The number of hydrogen-bond acceptors (Lipinski definition) is 4. The van der Waals surface area contributed by atoms with Gasteiger partial charge in [-0.25, -0.2) is 4.79 Å². The van der Waals surface area contributed by atoms with Gasteiger partial charge in [0.25, 0.3) is 0 Å². The summed E-state index contributed by atoms with van der Waals surface area (Å²) in [7, 11) is 1.69. The van der Waals surface area contributed by atoms with Crippen molar-refractivity contribution in [3.05, 3.63) is 102 Å². The van der Waals surface area contributed by atoms with Gasteiger partial charge in [-0.05, 0) is 97.1 Å². The highest BCUT2D eigenvalue weighted by Gasteiger charge is 2.16. The lowest BCUT2D eigenvalue weighted by Gasteiger charge is -2.22. The first-order valence-electron chi connectivity index (χ1n) is 12.1. The quantitative estimate of drug-likeness (QED) is 0.273. The Bertz CT molecular complexity index is 1310. The molecule has 4 aromatic carbocycles. The minimum Gasteiger partial charge on any atom is -0.497 e. The van der Waals surface area contributed by atoms with Crippen LogP contribution in [0.25, 0.3) is 21.9 Å². The molecule has 0 aliphatic carbocycles. The Morgan fingerprint density at radius 1 is 0.771 bits per heavy atom. The Labute approximate surface area is 207 Å². The zero-order chi connectivity index (χ0) is 24.9. The van der Waals surface area contributed by atoms with E-state index in [2.05, 4.69) is 67.7 Å². The van der Waals surface area contributed by atoms with E-state index in [9.17, 15) is 4.79 Å². The fourth-order valence-corrected chi connectivity index (χ4v) is 4.37. The van der Waals surface area contributed by atoms with Crippen LogP contribution in [0.5, 0.6) is 5.75 Å². The Hall–Kier alpha value is -3.63. The molecule has 0 bridgehead atoms. The standard InChI is InChI=1S/C31H33NO3/c1-20(2)35-31(33)24-15-13-23(14-16-24)30-19-27(17-26-9-6-7-12-29(26)30)22(4)32-21(3)25-10-8-11-28(18-25)34-5/h6-22,32H,1-5H3/t21-,22?/m1/s1. The fraction of sp³-hybridized carbons (Fsp3) is 0.258. The molecule has 1 unspecified atom stereocenters. The van der Waals surface area contributed by atoms with Gasteiger partial charge in [-0.2, -0.15) is 0 Å². The Balaban J connectivity index is 1.65. The maximum Gasteiger partial charge on any atom is 0.338 e. The van der Waals surface area contributed by atoms with Crippen molar-refractivity contribution in [2.24, 2.45) is 0 Å². The highest BCUT2D eigenvalue weighted by molar-refractivity contribution is 5.98. The Kier molecular flexibility index (Phi) is 7.52. The number of nitrogens with one attached hydrogen (secondary N) is 1. The summed E-state index contributed by atoms with van der Waals surface area (Å²) in [5.41, 5.74) is 5.16. The van der Waals surface area contributed by atoms with Crippen molar-refractivity contribution < 1.29 is 14.3 Å². The lowest BCUT2D eigenvalue weighted by molar-refractivity contribution is 0.0378. The van der Waals surface area contributed by atoms with E-state index in [4.69, 9.17) is 9.47 Å². The number of methoxy groups -OCH3 is 1. The molecule has 4 nitrogen and oxygen atoms in total. The van der Waals surface area contributed by atoms with Crippen molar-refractivity contribution in [3.63, 3.8) is 0 Å². The first kappa shape index (κ1) is 24.5. The van der Waals surface area contributed by atoms with Crippen molar-refractivity contribution in [1.29, 1.82) is 0 Å². The SMILES string of the molecule is COc1cccc([C@@H](C)NC(C)c2cc(-c3ccc(C(=O)OC(C)C)cc3)c3ccccc3c2)c1. The summed E-state index contributed by atoms with van der Waals surface area (Å²) < 4.78 is 10.7. The van der Waals surface area contributed by atoms with Gasteiger partial charge in [-0.1, -0.05) is 48.5 Å². The molecule has 4 heteroatoms. The largest absolute Gasteiger partial charge is 0.497 e. The maximum absolute atomic E-state index is 12.3. The van der Waals surface area contributed by atoms with Crippen LogP contribution in [0.4, 0.5) is 0 Å². The van der Waals surface area contributed by atoms with Crippen molar-refractivity contribution in [2.75, 3.05) is 7.11 Å². The lowest BCUT2D eigenvalue weighted by Crippen LogP contribution is -2.22. The third-order valence-electron chi connectivity index (χ3n) is 6.25. The topological polar surface area (TPSA) is 47.6 Å². The molecular formula is C31H33NO3. The van der Waals surface area contributed by atoms with Crippen molar-refractivity contribution >= 4 is 16.7 Å². The van der Waals surface area contributed by atoms with Crippen LogP contribution in [-0.4, -0.2) is 19.2 Å². The van der Waals surface area contributed by atoms with E-state index in [-0.39, 0.29) is 24.2 Å². The predicted octanol–water partition coefficient (Wildman–Crippen LogP) is 7.49. The van der Waals surface area contributed by atoms with Crippen molar-refractivity contribution in [2.45, 2.75) is 45.9 Å². The van der Waals surface area contributed by atoms with E-state index in [1.807, 2.05) is 50.2 Å². The number of carbonyl (C=O) groups is 1. The van der Waals surface area contributed by atoms with E-state index < -0.39 is 0 Å². The number of rotatable bonds is 8. The molecule has 2 atom stereocenters. The van der Waals surface area contributed by atoms with Crippen molar-refractivity contribution in [3.8, 4) is 16.9 Å². The molecule has 0 saturated carbocycles. The van der Waals surface area contributed by atoms with E-state index >= 15 is 0 Å². The van der Waals surface area contributed by atoms with Gasteiger partial charge in [0.1, 0.15) is 5.75 Å². The maximum atomic E-state index is 12.3. The molecule has 1 N–H and O–H groups in total. The molecule has 0 heterocycles. The molecule has 0 amide bonds. The van der Waals surface area contributed by atoms with Gasteiger partial charge in [0.15, 0.2) is 0 Å². The van der Waals surface area contributed by atoms with Crippen molar-refractivity contribution in [1.82, 2.24) is 5.32 Å². The zero-order valence-electron chi connectivity index (χ0n) is 21.0. The zero-order valence-corrected chi connectivity index (χ0v) is 21.0. The molecular weight excluding hydrogens is 434 g/mol. The van der Waals surface area contributed by atoms with Crippen LogP contribution in [0.1, 0.15) is 61.3 Å². The summed E-state index contributed by atoms with van der Waals surface area (Å²) in [4.78, 5) is 12.3. The summed E-state index contributed by atoms with van der Waals surface area (Å²) in [5, 5.41) is 6.10. The summed E-state index contributed by atoms with van der Waals surface area (Å²) in [6.45, 7) is 8.07. The van der Waals surface area contributed by atoms with Gasteiger partial charge >= 0.3 is 5.97 Å². The fourth-order valence-electron chi connectivity index (χ4n) is 4.37. The summed E-state index contributed by atoms with van der Waals surface area (Å²) in [6, 6.07) is 29.1. The van der Waals surface area contributed by atoms with E-state index in [0.29, 0.717) is 5.56 Å². The number of esters is 1. The van der Waals surface area contributed by atoms with Gasteiger partial charge in [0.2, 0.25) is 0 Å². The van der Waals surface area contributed by atoms with Crippen LogP contribution in [-0.2, 0) is 4.74 Å². The second kappa shape index (κ2) is 10.7. The van der Waals surface area contributed by atoms with Gasteiger partial charge in [-0.15, -0.1) is 0 Å². The Morgan fingerprint density at radius 2 is 1.49 bits per heavy atom. The number of fused-ring (bicyclic) bond motifs is 1. The summed E-state index contributed by atoms with van der Waals surface area (Å²) in [5.74, 6) is 0.562. The average Bonchev–Trinajstić information content (AvgIpc) is 2.87. The van der Waals surface area contributed by atoms with Crippen LogP contribution in [0.2, 0.25) is 0 Å². The minimum absolute atomic E-state index is 0.125. The molecule has 0 aromatic heterocycles. The van der Waals surface area contributed by atoms with Gasteiger partial charge in [0, 0.05) is 12.1 Å². The van der Waals surface area contributed by atoms with Gasteiger partial charge in [0.05, 0.1) is 18.8 Å². The van der Waals surface area contributed by atoms with E-state index in [1.54, 1.807) is 7.11 Å². The third kappa shape index (κ3) is 5.72. The van der Waals surface area contributed by atoms with Gasteiger partial charge < -0.3 is 14.8 Å². The van der Waals surface area contributed by atoms with Crippen LogP contribution >= 0.6 is 0 Å². The van der Waals surface area contributed by atoms with E-state index in [0.717, 1.165) is 16.9 Å². The molecule has 4 rings (SSSR count). The predicted molar refractivity (Wildman–Crippen MR) is 143 cm³/mol. The number of carbonyl (C=O) groups excluding carboxylic acids is 1. The lowest BCUT2D eigenvalue weighted by atomic mass is 9.92. The second-order valence-corrected chi connectivity index (χ2v) is 9.21. The highest BCUT2D eigenvalue weighted by Crippen LogP contribution is 2.33. The Morgan fingerprint density at radius 3 is 2.20 bits per heavy atom. The molecule has 0 radical (unpaired) electrons. The van der Waals surface area contributed by atoms with E-state index in [1.165, 1.54) is 21.9 Å². The first-order valence-corrected chi connectivity index (χ1v) is 12.1. The molecule has 0 aliphatic heterocycles. The van der Waals surface area contributed by atoms with Gasteiger partial charge in [-0.3, -0.25) is 0 Å².